The highest BCUT2D eigenvalue weighted by Gasteiger charge is 2.17. The number of anilines is 1. The molecule has 0 heterocycles. The monoisotopic (exact) mass is 328 g/mol. The van der Waals surface area contributed by atoms with Gasteiger partial charge in [-0.1, -0.05) is 43.3 Å². The van der Waals surface area contributed by atoms with Gasteiger partial charge in [-0.15, -0.1) is 5.48 Å². The molecule has 6 nitrogen and oxygen atoms in total. The second-order valence-electron chi connectivity index (χ2n) is 5.03. The van der Waals surface area contributed by atoms with Crippen LogP contribution >= 0.6 is 0 Å². The Labute approximate surface area is 140 Å². The van der Waals surface area contributed by atoms with Crippen molar-refractivity contribution in [3.8, 4) is 11.1 Å². The van der Waals surface area contributed by atoms with Crippen molar-refractivity contribution in [2.75, 3.05) is 18.6 Å². The van der Waals surface area contributed by atoms with Gasteiger partial charge in [0.2, 0.25) is 0 Å². The van der Waals surface area contributed by atoms with E-state index in [0.29, 0.717) is 12.2 Å². The van der Waals surface area contributed by atoms with Crippen LogP contribution < -0.4 is 10.4 Å². The van der Waals surface area contributed by atoms with Crippen LogP contribution in [0.5, 0.6) is 0 Å². The molecule has 0 radical (unpaired) electrons. The standard InChI is InChI=1S/C12H16N2O4.C6H4/c1-3-9-14(10-7-5-4-6-8-10)12(16)18-13-11(15)17-2;1-2-5-4-6(5)3-1/h4-8H,3,9H2,1-2H3,(H,13,15);1-4H. The second-order valence-corrected chi connectivity index (χ2v) is 5.03. The van der Waals surface area contributed by atoms with Crippen LogP contribution in [0.4, 0.5) is 15.3 Å². The van der Waals surface area contributed by atoms with Crippen LogP contribution in [0.3, 0.4) is 0 Å². The number of nitrogens with zero attached hydrogens (tertiary/aromatic N) is 1. The molecule has 6 heteroatoms. The van der Waals surface area contributed by atoms with E-state index in [-0.39, 0.29) is 0 Å². The zero-order chi connectivity index (χ0) is 17.4. The van der Waals surface area contributed by atoms with Crippen LogP contribution in [0.25, 0.3) is 11.1 Å². The topological polar surface area (TPSA) is 67.9 Å². The molecule has 2 amide bonds. The summed E-state index contributed by atoms with van der Waals surface area (Å²) < 4.78 is 4.30. The van der Waals surface area contributed by atoms with Gasteiger partial charge in [0.1, 0.15) is 0 Å². The fourth-order valence-electron chi connectivity index (χ4n) is 2.01. The number of methoxy groups -OCH3 is 1. The van der Waals surface area contributed by atoms with Crippen LogP contribution in [-0.4, -0.2) is 25.8 Å². The minimum absolute atomic E-state index is 0.492. The molecular formula is C18H20N2O4. The Balaban J connectivity index is 0.000000282. The number of fused-ring (bicyclic) bond motifs is 1. The molecule has 24 heavy (non-hydrogen) atoms. The van der Waals surface area contributed by atoms with E-state index in [1.165, 1.54) is 23.1 Å². The molecule has 1 aromatic carbocycles. The molecule has 0 bridgehead atoms. The molecule has 1 aromatic rings. The predicted octanol–water partition coefficient (Wildman–Crippen LogP) is 3.98. The van der Waals surface area contributed by atoms with Crippen LogP contribution in [0.1, 0.15) is 13.3 Å². The lowest BCUT2D eigenvalue weighted by Crippen LogP contribution is -2.37. The van der Waals surface area contributed by atoms with E-state index < -0.39 is 12.2 Å². The summed E-state index contributed by atoms with van der Waals surface area (Å²) in [5.74, 6) is 0. The lowest BCUT2D eigenvalue weighted by molar-refractivity contribution is 0.0769. The molecule has 0 spiro atoms. The molecule has 126 valence electrons. The van der Waals surface area contributed by atoms with Gasteiger partial charge in [0.15, 0.2) is 0 Å². The Hall–Kier alpha value is -3.02. The predicted molar refractivity (Wildman–Crippen MR) is 91.5 cm³/mol. The van der Waals surface area contributed by atoms with Crippen molar-refractivity contribution < 1.29 is 19.2 Å². The van der Waals surface area contributed by atoms with E-state index in [0.717, 1.165) is 6.42 Å². The Morgan fingerprint density at radius 3 is 2.17 bits per heavy atom. The Bertz CT molecular complexity index is 671. The third kappa shape index (κ3) is 5.01. The first-order chi connectivity index (χ1) is 11.7. The van der Waals surface area contributed by atoms with Gasteiger partial charge in [-0.2, -0.15) is 0 Å². The number of hydrogen-bond donors (Lipinski definition) is 1. The number of hydroxylamine groups is 1. The molecule has 0 saturated heterocycles. The van der Waals surface area contributed by atoms with Crippen LogP contribution in [-0.2, 0) is 9.57 Å². The summed E-state index contributed by atoms with van der Waals surface area (Å²) in [6, 6.07) is 17.5. The SMILES string of the molecule is CCCN(C(=O)ONC(=O)OC)c1ccccc1.c1cc2cc-2c1. The first kappa shape index (κ1) is 17.3. The largest absolute Gasteiger partial charge is 0.451 e. The second kappa shape index (κ2) is 8.57. The van der Waals surface area contributed by atoms with Gasteiger partial charge in [0, 0.05) is 12.2 Å². The number of amides is 2. The van der Waals surface area contributed by atoms with Gasteiger partial charge in [0.05, 0.1) is 7.11 Å². The van der Waals surface area contributed by atoms with Gasteiger partial charge in [-0.3, -0.25) is 4.90 Å². The third-order valence-corrected chi connectivity index (χ3v) is 3.26. The molecule has 0 saturated carbocycles. The molecule has 0 fully saturated rings. The molecule has 2 aliphatic carbocycles. The summed E-state index contributed by atoms with van der Waals surface area (Å²) in [4.78, 5) is 28.6. The van der Waals surface area contributed by atoms with Gasteiger partial charge < -0.3 is 9.57 Å². The fraction of sp³-hybridized carbons (Fsp3) is 0.222. The van der Waals surface area contributed by atoms with Crippen molar-refractivity contribution in [2.45, 2.75) is 13.3 Å². The van der Waals surface area contributed by atoms with Crippen molar-refractivity contribution in [2.24, 2.45) is 0 Å². The maximum Gasteiger partial charge on any atom is 0.440 e. The van der Waals surface area contributed by atoms with Crippen LogP contribution in [0.2, 0.25) is 0 Å². The summed E-state index contributed by atoms with van der Waals surface area (Å²) in [5, 5.41) is 0. The molecular weight excluding hydrogens is 308 g/mol. The van der Waals surface area contributed by atoms with Gasteiger partial charge >= 0.3 is 12.2 Å². The summed E-state index contributed by atoms with van der Waals surface area (Å²) in [5.41, 5.74) is 5.44. The van der Waals surface area contributed by atoms with E-state index in [2.05, 4.69) is 33.8 Å². The van der Waals surface area contributed by atoms with Crippen LogP contribution in [0, 0.1) is 0 Å². The maximum absolute atomic E-state index is 11.8. The zero-order valence-corrected chi connectivity index (χ0v) is 13.7. The average Bonchev–Trinajstić information content (AvgIpc) is 3.23. The minimum atomic E-state index is -0.826. The van der Waals surface area contributed by atoms with E-state index in [1.54, 1.807) is 12.1 Å². The summed E-state index contributed by atoms with van der Waals surface area (Å²) in [7, 11) is 1.18. The highest BCUT2D eigenvalue weighted by molar-refractivity contribution is 5.88. The molecule has 0 unspecified atom stereocenters. The molecule has 3 rings (SSSR count). The van der Waals surface area contributed by atoms with Crippen molar-refractivity contribution in [3.05, 3.63) is 54.6 Å². The number of rotatable bonds is 3. The van der Waals surface area contributed by atoms with Gasteiger partial charge in [-0.05, 0) is 35.7 Å². The first-order valence-electron chi connectivity index (χ1n) is 7.63. The number of para-hydroxylation sites is 1. The Morgan fingerprint density at radius 2 is 1.71 bits per heavy atom. The number of ether oxygens (including phenoxy) is 1. The Morgan fingerprint density at radius 1 is 1.04 bits per heavy atom. The van der Waals surface area contributed by atoms with E-state index in [4.69, 9.17) is 0 Å². The fourth-order valence-corrected chi connectivity index (χ4v) is 2.01. The molecule has 0 atom stereocenters. The minimum Gasteiger partial charge on any atom is -0.451 e. The van der Waals surface area contributed by atoms with Crippen molar-refractivity contribution in [1.29, 1.82) is 0 Å². The highest BCUT2D eigenvalue weighted by atomic mass is 16.7. The Kier molecular flexibility index (Phi) is 6.19. The molecule has 0 aliphatic heterocycles. The number of benzene rings is 2. The third-order valence-electron chi connectivity index (χ3n) is 3.26. The van der Waals surface area contributed by atoms with E-state index >= 15 is 0 Å². The molecule has 1 N–H and O–H groups in total. The van der Waals surface area contributed by atoms with Crippen LogP contribution in [0.15, 0.2) is 54.6 Å². The average molecular weight is 328 g/mol. The van der Waals surface area contributed by atoms with Gasteiger partial charge in [0.25, 0.3) is 0 Å². The normalized spacial score (nSPS) is 9.92. The molecule has 2 aliphatic rings. The van der Waals surface area contributed by atoms with Gasteiger partial charge in [-0.25, -0.2) is 9.59 Å². The summed E-state index contributed by atoms with van der Waals surface area (Å²) in [6.45, 7) is 2.43. The van der Waals surface area contributed by atoms with E-state index in [9.17, 15) is 9.59 Å². The number of carbonyl (C=O) groups excluding carboxylic acids is 2. The number of carbonyl (C=O) groups is 2. The smallest absolute Gasteiger partial charge is 0.440 e. The quantitative estimate of drug-likeness (QED) is 0.739. The lowest BCUT2D eigenvalue weighted by atomic mass is 10.3. The zero-order valence-electron chi connectivity index (χ0n) is 13.7. The highest BCUT2D eigenvalue weighted by Crippen LogP contribution is 2.32. The maximum atomic E-state index is 11.8. The summed E-state index contributed by atoms with van der Waals surface area (Å²) >= 11 is 0. The number of nitrogens with one attached hydrogen (secondary N) is 1. The first-order valence-corrected chi connectivity index (χ1v) is 7.63. The van der Waals surface area contributed by atoms with Crippen molar-refractivity contribution in [1.82, 2.24) is 5.48 Å². The van der Waals surface area contributed by atoms with E-state index in [1.807, 2.05) is 30.6 Å². The number of hydrogen-bond acceptors (Lipinski definition) is 4. The van der Waals surface area contributed by atoms with Crippen molar-refractivity contribution in [3.63, 3.8) is 0 Å². The lowest BCUT2D eigenvalue weighted by Gasteiger charge is -2.20. The molecule has 0 aromatic heterocycles. The van der Waals surface area contributed by atoms with Crippen molar-refractivity contribution >= 4 is 17.9 Å². The summed E-state index contributed by atoms with van der Waals surface area (Å²) in [6.07, 6.45) is -0.719.